The molecule has 116 valence electrons. The summed E-state index contributed by atoms with van der Waals surface area (Å²) >= 11 is 9.08. The molecule has 3 nitrogen and oxygen atoms in total. The molecule has 2 aromatic carbocycles. The molecule has 2 aromatic rings. The Kier molecular flexibility index (Phi) is 5.42. The van der Waals surface area contributed by atoms with Crippen LogP contribution in [0.3, 0.4) is 0 Å². The van der Waals surface area contributed by atoms with Gasteiger partial charge in [0.25, 0.3) is 5.91 Å². The van der Waals surface area contributed by atoms with Gasteiger partial charge in [-0.1, -0.05) is 27.5 Å². The molecule has 0 atom stereocenters. The number of ether oxygens (including phenoxy) is 1. The predicted octanol–water partition coefficient (Wildman–Crippen LogP) is 4.52. The van der Waals surface area contributed by atoms with Gasteiger partial charge in [-0.2, -0.15) is 0 Å². The summed E-state index contributed by atoms with van der Waals surface area (Å²) in [5.41, 5.74) is 0.808. The summed E-state index contributed by atoms with van der Waals surface area (Å²) in [7, 11) is 3.17. The van der Waals surface area contributed by atoms with Crippen LogP contribution in [0.4, 0.5) is 4.39 Å². The molecule has 0 spiro atoms. The molecule has 0 bridgehead atoms. The summed E-state index contributed by atoms with van der Waals surface area (Å²) in [6, 6.07) is 9.52. The first-order chi connectivity index (χ1) is 10.4. The largest absolute Gasteiger partial charge is 0.496 e. The molecule has 22 heavy (non-hydrogen) atoms. The third-order valence-electron chi connectivity index (χ3n) is 3.16. The number of nitrogens with zero attached hydrogens (tertiary/aromatic N) is 1. The van der Waals surface area contributed by atoms with Crippen LogP contribution in [0.25, 0.3) is 0 Å². The van der Waals surface area contributed by atoms with Crippen LogP contribution in [0.5, 0.6) is 5.75 Å². The van der Waals surface area contributed by atoms with Crippen molar-refractivity contribution in [3.05, 3.63) is 62.8 Å². The first-order valence-electron chi connectivity index (χ1n) is 6.45. The highest BCUT2D eigenvalue weighted by atomic mass is 79.9. The monoisotopic (exact) mass is 385 g/mol. The molecule has 0 saturated heterocycles. The van der Waals surface area contributed by atoms with Crippen molar-refractivity contribution in [2.75, 3.05) is 14.2 Å². The number of carbonyl (C=O) groups excluding carboxylic acids is 1. The number of carbonyl (C=O) groups is 1. The lowest BCUT2D eigenvalue weighted by Gasteiger charge is -2.19. The van der Waals surface area contributed by atoms with Crippen molar-refractivity contribution < 1.29 is 13.9 Å². The first kappa shape index (κ1) is 16.8. The zero-order chi connectivity index (χ0) is 16.3. The molecule has 0 aliphatic carbocycles. The second-order valence-electron chi connectivity index (χ2n) is 4.74. The third-order valence-corrected chi connectivity index (χ3v) is 3.89. The second kappa shape index (κ2) is 7.11. The Hall–Kier alpha value is -1.59. The fourth-order valence-corrected chi connectivity index (χ4v) is 2.63. The van der Waals surface area contributed by atoms with E-state index in [1.54, 1.807) is 20.2 Å². The Morgan fingerprint density at radius 2 is 2.05 bits per heavy atom. The lowest BCUT2D eigenvalue weighted by atomic mass is 10.1. The number of hydrogen-bond acceptors (Lipinski definition) is 2. The number of benzene rings is 2. The van der Waals surface area contributed by atoms with Gasteiger partial charge in [0.05, 0.1) is 12.7 Å². The minimum Gasteiger partial charge on any atom is -0.496 e. The standard InChI is InChI=1S/C16H14BrClFNO2/c1-20(9-10-7-11(17)3-6-15(10)22-2)16(21)13-5-4-12(18)8-14(13)19/h3-8H,9H2,1-2H3. The molecule has 0 N–H and O–H groups in total. The van der Waals surface area contributed by atoms with Crippen molar-refractivity contribution in [1.29, 1.82) is 0 Å². The van der Waals surface area contributed by atoms with E-state index in [0.717, 1.165) is 16.1 Å². The number of methoxy groups -OCH3 is 1. The SMILES string of the molecule is COc1ccc(Br)cc1CN(C)C(=O)c1ccc(Cl)cc1F. The number of amides is 1. The van der Waals surface area contributed by atoms with E-state index in [4.69, 9.17) is 16.3 Å². The van der Waals surface area contributed by atoms with Gasteiger partial charge in [0, 0.05) is 28.7 Å². The molecule has 0 aliphatic heterocycles. The van der Waals surface area contributed by atoms with E-state index in [-0.39, 0.29) is 10.6 Å². The van der Waals surface area contributed by atoms with Gasteiger partial charge in [0.15, 0.2) is 0 Å². The maximum Gasteiger partial charge on any atom is 0.256 e. The van der Waals surface area contributed by atoms with Crippen LogP contribution in [0, 0.1) is 5.82 Å². The van der Waals surface area contributed by atoms with E-state index < -0.39 is 11.7 Å². The molecule has 1 amide bonds. The Labute approximate surface area is 141 Å². The van der Waals surface area contributed by atoms with Crippen molar-refractivity contribution in [2.45, 2.75) is 6.54 Å². The van der Waals surface area contributed by atoms with E-state index in [1.807, 2.05) is 12.1 Å². The predicted molar refractivity (Wildman–Crippen MR) is 87.9 cm³/mol. The van der Waals surface area contributed by atoms with Crippen molar-refractivity contribution in [3.63, 3.8) is 0 Å². The zero-order valence-corrected chi connectivity index (χ0v) is 14.4. The molecule has 0 heterocycles. The summed E-state index contributed by atoms with van der Waals surface area (Å²) in [6.45, 7) is 0.295. The Morgan fingerprint density at radius 3 is 2.68 bits per heavy atom. The van der Waals surface area contributed by atoms with Gasteiger partial charge in [-0.3, -0.25) is 4.79 Å². The van der Waals surface area contributed by atoms with Crippen molar-refractivity contribution in [3.8, 4) is 5.75 Å². The number of rotatable bonds is 4. The van der Waals surface area contributed by atoms with Crippen LogP contribution in [-0.2, 0) is 6.54 Å². The smallest absolute Gasteiger partial charge is 0.256 e. The van der Waals surface area contributed by atoms with Crippen LogP contribution < -0.4 is 4.74 Å². The van der Waals surface area contributed by atoms with E-state index in [1.165, 1.54) is 17.0 Å². The van der Waals surface area contributed by atoms with Crippen LogP contribution >= 0.6 is 27.5 Å². The maximum atomic E-state index is 13.8. The van der Waals surface area contributed by atoms with Crippen molar-refractivity contribution >= 4 is 33.4 Å². The molecule has 6 heteroatoms. The Balaban J connectivity index is 2.23. The summed E-state index contributed by atoms with van der Waals surface area (Å²) in [6.07, 6.45) is 0. The van der Waals surface area contributed by atoms with Crippen molar-refractivity contribution in [2.24, 2.45) is 0 Å². The summed E-state index contributed by atoms with van der Waals surface area (Å²) in [4.78, 5) is 13.8. The van der Waals surface area contributed by atoms with Gasteiger partial charge in [-0.05, 0) is 36.4 Å². The van der Waals surface area contributed by atoms with E-state index in [9.17, 15) is 9.18 Å². The topological polar surface area (TPSA) is 29.5 Å². The highest BCUT2D eigenvalue weighted by molar-refractivity contribution is 9.10. The fourth-order valence-electron chi connectivity index (χ4n) is 2.07. The summed E-state index contributed by atoms with van der Waals surface area (Å²) in [5, 5.41) is 0.255. The van der Waals surface area contributed by atoms with E-state index >= 15 is 0 Å². The quantitative estimate of drug-likeness (QED) is 0.773. The molecule has 0 fully saturated rings. The molecule has 0 aromatic heterocycles. The van der Waals surface area contributed by atoms with E-state index in [0.29, 0.717) is 12.3 Å². The second-order valence-corrected chi connectivity index (χ2v) is 6.09. The normalized spacial score (nSPS) is 10.4. The van der Waals surface area contributed by atoms with Crippen LogP contribution in [-0.4, -0.2) is 25.0 Å². The molecular formula is C16H14BrClFNO2. The van der Waals surface area contributed by atoms with Gasteiger partial charge in [-0.15, -0.1) is 0 Å². The highest BCUT2D eigenvalue weighted by Gasteiger charge is 2.18. The maximum absolute atomic E-state index is 13.8. The fraction of sp³-hybridized carbons (Fsp3) is 0.188. The Morgan fingerprint density at radius 1 is 1.32 bits per heavy atom. The number of hydrogen-bond donors (Lipinski definition) is 0. The molecular weight excluding hydrogens is 373 g/mol. The van der Waals surface area contributed by atoms with Gasteiger partial charge in [-0.25, -0.2) is 4.39 Å². The average molecular weight is 387 g/mol. The Bertz CT molecular complexity index is 709. The van der Waals surface area contributed by atoms with Gasteiger partial charge in [0.1, 0.15) is 11.6 Å². The van der Waals surface area contributed by atoms with E-state index in [2.05, 4.69) is 15.9 Å². The number of halogens is 3. The molecule has 2 rings (SSSR count). The van der Waals surface area contributed by atoms with Gasteiger partial charge in [0.2, 0.25) is 0 Å². The zero-order valence-electron chi connectivity index (χ0n) is 12.1. The van der Waals surface area contributed by atoms with Crippen LogP contribution in [0.2, 0.25) is 5.02 Å². The molecule has 0 radical (unpaired) electrons. The summed E-state index contributed by atoms with van der Waals surface area (Å²) < 4.78 is 20.0. The molecule has 0 unspecified atom stereocenters. The molecule has 0 saturated carbocycles. The first-order valence-corrected chi connectivity index (χ1v) is 7.62. The van der Waals surface area contributed by atoms with Crippen LogP contribution in [0.1, 0.15) is 15.9 Å². The molecule has 0 aliphatic rings. The third kappa shape index (κ3) is 3.78. The lowest BCUT2D eigenvalue weighted by Crippen LogP contribution is -2.27. The summed E-state index contributed by atoms with van der Waals surface area (Å²) in [5.74, 6) is -0.388. The van der Waals surface area contributed by atoms with Gasteiger partial charge < -0.3 is 9.64 Å². The van der Waals surface area contributed by atoms with Gasteiger partial charge >= 0.3 is 0 Å². The minimum absolute atomic E-state index is 0.0131. The average Bonchev–Trinajstić information content (AvgIpc) is 2.47. The lowest BCUT2D eigenvalue weighted by molar-refractivity contribution is 0.0779. The van der Waals surface area contributed by atoms with Crippen molar-refractivity contribution in [1.82, 2.24) is 4.90 Å². The van der Waals surface area contributed by atoms with Crippen LogP contribution in [0.15, 0.2) is 40.9 Å². The highest BCUT2D eigenvalue weighted by Crippen LogP contribution is 2.25. The minimum atomic E-state index is -0.634.